The molecule has 35 heavy (non-hydrogen) atoms. The number of hydrogen-bond donors (Lipinski definition) is 1. The highest BCUT2D eigenvalue weighted by Gasteiger charge is 2.35. The highest BCUT2D eigenvalue weighted by atomic mass is 32.2. The molecule has 0 radical (unpaired) electrons. The number of methoxy groups -OCH3 is 2. The van der Waals surface area contributed by atoms with E-state index in [1.165, 1.54) is 26.4 Å². The molecule has 3 rings (SSSR count). The number of sulfone groups is 1. The Morgan fingerprint density at radius 3 is 2.20 bits per heavy atom. The lowest BCUT2D eigenvalue weighted by atomic mass is 10.2. The summed E-state index contributed by atoms with van der Waals surface area (Å²) in [6.07, 6.45) is -2.97. The predicted octanol–water partition coefficient (Wildman–Crippen LogP) is 3.54. The van der Waals surface area contributed by atoms with Crippen LogP contribution in [-0.2, 0) is 22.4 Å². The Morgan fingerprint density at radius 2 is 1.71 bits per heavy atom. The molecule has 1 N–H and O–H groups in total. The van der Waals surface area contributed by atoms with E-state index < -0.39 is 42.9 Å². The van der Waals surface area contributed by atoms with E-state index in [-0.39, 0.29) is 29.4 Å². The standard InChI is InChI=1S/C22H22F3N3O6S/c1-4-5-9-16-27-20(29)19(35(31,32)17-11-10-13(12-26-17)22(23,24)25)21(30)28(16)18-14(33-2)7-6-8-15(18)34-3/h6-8,10-12,30H,4-5,9H2,1-3H3. The highest BCUT2D eigenvalue weighted by molar-refractivity contribution is 7.91. The van der Waals surface area contributed by atoms with Crippen LogP contribution in [0.15, 0.2) is 51.2 Å². The average molecular weight is 513 g/mol. The molecule has 0 fully saturated rings. The number of aromatic hydroxyl groups is 1. The lowest BCUT2D eigenvalue weighted by Crippen LogP contribution is -2.25. The van der Waals surface area contributed by atoms with Crippen molar-refractivity contribution in [1.29, 1.82) is 0 Å². The van der Waals surface area contributed by atoms with Crippen LogP contribution in [0.3, 0.4) is 0 Å². The zero-order chi connectivity index (χ0) is 26.0. The van der Waals surface area contributed by atoms with Crippen LogP contribution in [0.1, 0.15) is 31.2 Å². The molecule has 9 nitrogen and oxygen atoms in total. The maximum absolute atomic E-state index is 13.2. The number of halogens is 3. The molecule has 13 heteroatoms. The van der Waals surface area contributed by atoms with E-state index in [9.17, 15) is 31.5 Å². The van der Waals surface area contributed by atoms with Gasteiger partial charge in [0.15, 0.2) is 5.03 Å². The lowest BCUT2D eigenvalue weighted by Gasteiger charge is -2.21. The molecule has 1 aromatic carbocycles. The maximum Gasteiger partial charge on any atom is 0.417 e. The van der Waals surface area contributed by atoms with Gasteiger partial charge in [0, 0.05) is 12.6 Å². The number of benzene rings is 1. The molecule has 2 heterocycles. The van der Waals surface area contributed by atoms with Gasteiger partial charge in [0.1, 0.15) is 23.0 Å². The normalized spacial score (nSPS) is 11.9. The van der Waals surface area contributed by atoms with Crippen LogP contribution in [0, 0.1) is 0 Å². The van der Waals surface area contributed by atoms with Crippen LogP contribution in [-0.4, -0.2) is 42.3 Å². The van der Waals surface area contributed by atoms with E-state index in [0.29, 0.717) is 31.2 Å². The van der Waals surface area contributed by atoms with Crippen molar-refractivity contribution < 1.29 is 36.2 Å². The van der Waals surface area contributed by atoms with Crippen molar-refractivity contribution in [1.82, 2.24) is 14.5 Å². The summed E-state index contributed by atoms with van der Waals surface area (Å²) in [7, 11) is -2.18. The lowest BCUT2D eigenvalue weighted by molar-refractivity contribution is -0.137. The van der Waals surface area contributed by atoms with Gasteiger partial charge in [-0.2, -0.15) is 18.2 Å². The topological polar surface area (TPSA) is 121 Å². The molecule has 0 aliphatic rings. The molecule has 0 saturated heterocycles. The second kappa shape index (κ2) is 9.94. The van der Waals surface area contributed by atoms with E-state index in [1.807, 2.05) is 6.92 Å². The first-order chi connectivity index (χ1) is 16.5. The molecule has 0 saturated carbocycles. The van der Waals surface area contributed by atoms with Crippen molar-refractivity contribution in [3.8, 4) is 23.1 Å². The van der Waals surface area contributed by atoms with Crippen molar-refractivity contribution in [3.63, 3.8) is 0 Å². The molecule has 0 bridgehead atoms. The van der Waals surface area contributed by atoms with Gasteiger partial charge in [-0.1, -0.05) is 19.4 Å². The van der Waals surface area contributed by atoms with Gasteiger partial charge in [0.05, 0.1) is 19.8 Å². The first kappa shape index (κ1) is 26.0. The van der Waals surface area contributed by atoms with E-state index >= 15 is 0 Å². The van der Waals surface area contributed by atoms with Gasteiger partial charge in [-0.15, -0.1) is 0 Å². The summed E-state index contributed by atoms with van der Waals surface area (Å²) < 4.78 is 76.9. The number of alkyl halides is 3. The second-order valence-corrected chi connectivity index (χ2v) is 9.16. The van der Waals surface area contributed by atoms with E-state index in [1.54, 1.807) is 6.07 Å². The predicted molar refractivity (Wildman–Crippen MR) is 118 cm³/mol. The molecule has 0 spiro atoms. The Balaban J connectivity index is 2.34. The number of pyridine rings is 1. The average Bonchev–Trinajstić information content (AvgIpc) is 2.81. The number of unbranched alkanes of at least 4 members (excludes halogenated alkanes) is 1. The number of aromatic nitrogens is 3. The zero-order valence-electron chi connectivity index (χ0n) is 19.0. The summed E-state index contributed by atoms with van der Waals surface area (Å²) in [4.78, 5) is 19.0. The molecular weight excluding hydrogens is 491 g/mol. The second-order valence-electron chi connectivity index (χ2n) is 7.32. The first-order valence-corrected chi connectivity index (χ1v) is 11.8. The van der Waals surface area contributed by atoms with E-state index in [4.69, 9.17) is 9.47 Å². The van der Waals surface area contributed by atoms with Crippen LogP contribution in [0.5, 0.6) is 17.4 Å². The van der Waals surface area contributed by atoms with Gasteiger partial charge < -0.3 is 14.6 Å². The smallest absolute Gasteiger partial charge is 0.417 e. The fourth-order valence-corrected chi connectivity index (χ4v) is 4.63. The minimum Gasteiger partial charge on any atom is -0.494 e. The SMILES string of the molecule is CCCCc1nc(=O)c(S(=O)(=O)c2ccc(C(F)(F)F)cn2)c(O)n1-c1c(OC)cccc1OC. The summed E-state index contributed by atoms with van der Waals surface area (Å²) in [5.74, 6) is -0.602. The monoisotopic (exact) mass is 513 g/mol. The summed E-state index contributed by atoms with van der Waals surface area (Å²) in [6, 6.07) is 5.79. The van der Waals surface area contributed by atoms with Gasteiger partial charge in [-0.25, -0.2) is 13.4 Å². The van der Waals surface area contributed by atoms with Gasteiger partial charge in [0.25, 0.3) is 5.56 Å². The third-order valence-corrected chi connectivity index (χ3v) is 6.77. The highest BCUT2D eigenvalue weighted by Crippen LogP contribution is 2.38. The molecule has 3 aromatic rings. The Kier molecular flexibility index (Phi) is 7.38. The first-order valence-electron chi connectivity index (χ1n) is 10.3. The van der Waals surface area contributed by atoms with Gasteiger partial charge in [0.2, 0.25) is 20.6 Å². The van der Waals surface area contributed by atoms with Crippen molar-refractivity contribution >= 4 is 9.84 Å². The Hall–Kier alpha value is -3.61. The minimum absolute atomic E-state index is 0.0384. The van der Waals surface area contributed by atoms with Crippen LogP contribution in [0.2, 0.25) is 0 Å². The molecule has 2 aromatic heterocycles. The summed E-state index contributed by atoms with van der Waals surface area (Å²) in [5.41, 5.74) is -2.37. The minimum atomic E-state index is -4.88. The molecule has 0 aliphatic heterocycles. The number of rotatable bonds is 8. The summed E-state index contributed by atoms with van der Waals surface area (Å²) in [5, 5.41) is 10.3. The van der Waals surface area contributed by atoms with Gasteiger partial charge >= 0.3 is 6.18 Å². The third-order valence-electron chi connectivity index (χ3n) is 5.08. The quantitative estimate of drug-likeness (QED) is 0.486. The Labute approximate surface area is 198 Å². The Morgan fingerprint density at radius 1 is 1.09 bits per heavy atom. The van der Waals surface area contributed by atoms with E-state index in [2.05, 4.69) is 9.97 Å². The van der Waals surface area contributed by atoms with Crippen LogP contribution in [0.4, 0.5) is 13.2 Å². The van der Waals surface area contributed by atoms with Crippen molar-refractivity contribution in [2.24, 2.45) is 0 Å². The number of hydrogen-bond acceptors (Lipinski definition) is 8. The fraction of sp³-hybridized carbons (Fsp3) is 0.318. The molecule has 0 amide bonds. The summed E-state index contributed by atoms with van der Waals surface area (Å²) in [6.45, 7) is 1.89. The van der Waals surface area contributed by atoms with Crippen molar-refractivity contribution in [2.45, 2.75) is 42.3 Å². The van der Waals surface area contributed by atoms with Crippen molar-refractivity contribution in [3.05, 3.63) is 58.3 Å². The number of aryl methyl sites for hydroxylation is 1. The van der Waals surface area contributed by atoms with E-state index in [0.717, 1.165) is 4.57 Å². The third kappa shape index (κ3) is 4.94. The van der Waals surface area contributed by atoms with Crippen LogP contribution >= 0.6 is 0 Å². The Bertz CT molecular complexity index is 1370. The summed E-state index contributed by atoms with van der Waals surface area (Å²) >= 11 is 0. The molecule has 0 unspecified atom stereocenters. The van der Waals surface area contributed by atoms with Crippen LogP contribution in [0.25, 0.3) is 5.69 Å². The number of ether oxygens (including phenoxy) is 2. The zero-order valence-corrected chi connectivity index (χ0v) is 19.8. The number of para-hydroxylation sites is 1. The molecular formula is C22H22F3N3O6S. The van der Waals surface area contributed by atoms with Crippen LogP contribution < -0.4 is 15.0 Å². The van der Waals surface area contributed by atoms with Gasteiger partial charge in [-0.3, -0.25) is 9.36 Å². The molecule has 188 valence electrons. The van der Waals surface area contributed by atoms with Crippen molar-refractivity contribution in [2.75, 3.05) is 14.2 Å². The maximum atomic E-state index is 13.2. The largest absolute Gasteiger partial charge is 0.494 e. The number of nitrogens with zero attached hydrogens (tertiary/aromatic N) is 3. The van der Waals surface area contributed by atoms with Gasteiger partial charge in [-0.05, 0) is 30.7 Å². The molecule has 0 aliphatic carbocycles. The fourth-order valence-electron chi connectivity index (χ4n) is 3.37. The molecule has 0 atom stereocenters.